The number of rotatable bonds is 0. The predicted octanol–water partition coefficient (Wildman–Crippen LogP) is 3.47. The Morgan fingerprint density at radius 1 is 0.294 bits per heavy atom. The largest absolute Gasteiger partial charge is 0.317 e. The molecule has 2 saturated heterocycles. The van der Waals surface area contributed by atoms with E-state index in [2.05, 4.69) is 10.6 Å². The van der Waals surface area contributed by atoms with Crippen LogP contribution in [0.2, 0.25) is 0 Å². The SMILES string of the molecule is C1CCCCNCCC1.C1CCCNCCC1. The molecule has 0 spiro atoms. The minimum atomic E-state index is 1.25. The van der Waals surface area contributed by atoms with Gasteiger partial charge in [0, 0.05) is 0 Å². The van der Waals surface area contributed by atoms with Crippen molar-refractivity contribution in [1.29, 1.82) is 0 Å². The third-order valence-electron chi connectivity index (χ3n) is 3.66. The molecule has 2 N–H and O–H groups in total. The van der Waals surface area contributed by atoms with Gasteiger partial charge in [0.15, 0.2) is 0 Å². The first kappa shape index (κ1) is 15.0. The van der Waals surface area contributed by atoms with Gasteiger partial charge in [0.2, 0.25) is 0 Å². The van der Waals surface area contributed by atoms with E-state index < -0.39 is 0 Å². The maximum atomic E-state index is 3.43. The van der Waals surface area contributed by atoms with E-state index in [-0.39, 0.29) is 0 Å². The Morgan fingerprint density at radius 2 is 0.529 bits per heavy atom. The number of hydrogen-bond donors (Lipinski definition) is 2. The van der Waals surface area contributed by atoms with Crippen LogP contribution in [0.4, 0.5) is 0 Å². The van der Waals surface area contributed by atoms with Crippen LogP contribution in [-0.2, 0) is 0 Å². The normalized spacial score (nSPS) is 24.0. The molecular formula is C15H32N2. The summed E-state index contributed by atoms with van der Waals surface area (Å²) >= 11 is 0. The molecule has 2 heterocycles. The van der Waals surface area contributed by atoms with E-state index in [0.717, 1.165) is 0 Å². The van der Waals surface area contributed by atoms with Gasteiger partial charge in [0.05, 0.1) is 0 Å². The molecule has 2 nitrogen and oxygen atoms in total. The fourth-order valence-corrected chi connectivity index (χ4v) is 2.49. The molecule has 2 aliphatic heterocycles. The summed E-state index contributed by atoms with van der Waals surface area (Å²) in [7, 11) is 0. The maximum Gasteiger partial charge on any atom is -0.00489 e. The van der Waals surface area contributed by atoms with Crippen LogP contribution in [0.5, 0.6) is 0 Å². The van der Waals surface area contributed by atoms with Gasteiger partial charge in [-0.3, -0.25) is 0 Å². The van der Waals surface area contributed by atoms with Crippen molar-refractivity contribution >= 4 is 0 Å². The zero-order valence-corrected chi connectivity index (χ0v) is 11.6. The highest BCUT2D eigenvalue weighted by Gasteiger charge is 1.95. The lowest BCUT2D eigenvalue weighted by Crippen LogP contribution is -2.18. The molecule has 0 aromatic rings. The summed E-state index contributed by atoms with van der Waals surface area (Å²) in [5.41, 5.74) is 0. The summed E-state index contributed by atoms with van der Waals surface area (Å²) in [6.45, 7) is 5.00. The monoisotopic (exact) mass is 240 g/mol. The van der Waals surface area contributed by atoms with Crippen molar-refractivity contribution in [2.75, 3.05) is 26.2 Å². The maximum absolute atomic E-state index is 3.43. The van der Waals surface area contributed by atoms with Gasteiger partial charge < -0.3 is 10.6 Å². The first-order valence-electron chi connectivity index (χ1n) is 7.91. The van der Waals surface area contributed by atoms with Gasteiger partial charge in [0.1, 0.15) is 0 Å². The fourth-order valence-electron chi connectivity index (χ4n) is 2.49. The quantitative estimate of drug-likeness (QED) is 0.677. The van der Waals surface area contributed by atoms with E-state index in [1.165, 1.54) is 96.8 Å². The summed E-state index contributed by atoms with van der Waals surface area (Å²) in [4.78, 5) is 0. The summed E-state index contributed by atoms with van der Waals surface area (Å²) in [6, 6.07) is 0. The minimum Gasteiger partial charge on any atom is -0.317 e. The van der Waals surface area contributed by atoms with Crippen molar-refractivity contribution in [1.82, 2.24) is 10.6 Å². The van der Waals surface area contributed by atoms with E-state index in [4.69, 9.17) is 0 Å². The molecule has 0 aromatic carbocycles. The fraction of sp³-hybridized carbons (Fsp3) is 1.00. The van der Waals surface area contributed by atoms with Crippen LogP contribution in [0, 0.1) is 0 Å². The Labute approximate surface area is 108 Å². The van der Waals surface area contributed by atoms with Gasteiger partial charge in [-0.25, -0.2) is 0 Å². The number of hydrogen-bond acceptors (Lipinski definition) is 2. The molecule has 0 bridgehead atoms. The molecule has 2 aliphatic rings. The minimum absolute atomic E-state index is 1.25. The van der Waals surface area contributed by atoms with Gasteiger partial charge in [0.25, 0.3) is 0 Å². The van der Waals surface area contributed by atoms with Gasteiger partial charge in [-0.15, -0.1) is 0 Å². The molecule has 0 aliphatic carbocycles. The lowest BCUT2D eigenvalue weighted by atomic mass is 10.1. The van der Waals surface area contributed by atoms with Crippen molar-refractivity contribution in [2.24, 2.45) is 0 Å². The zero-order valence-electron chi connectivity index (χ0n) is 11.6. The molecule has 2 fully saturated rings. The van der Waals surface area contributed by atoms with Crippen molar-refractivity contribution in [3.05, 3.63) is 0 Å². The number of nitrogens with one attached hydrogen (secondary N) is 2. The standard InChI is InChI=1S/C8H17N.C7H15N/c1-2-4-6-8-9-7-5-3-1;1-2-4-6-8-7-5-3-1/h9H,1-8H2;8H,1-7H2. The lowest BCUT2D eigenvalue weighted by Gasteiger charge is -2.08. The van der Waals surface area contributed by atoms with Gasteiger partial charge >= 0.3 is 0 Å². The summed E-state index contributed by atoms with van der Waals surface area (Å²) < 4.78 is 0. The van der Waals surface area contributed by atoms with Crippen LogP contribution in [0.1, 0.15) is 70.6 Å². The van der Waals surface area contributed by atoms with Crippen molar-refractivity contribution in [3.8, 4) is 0 Å². The molecule has 0 unspecified atom stereocenters. The summed E-state index contributed by atoms with van der Waals surface area (Å²) in [5.74, 6) is 0. The highest BCUT2D eigenvalue weighted by atomic mass is 14.8. The van der Waals surface area contributed by atoms with E-state index >= 15 is 0 Å². The molecular weight excluding hydrogens is 208 g/mol. The molecule has 0 amide bonds. The second kappa shape index (κ2) is 12.4. The van der Waals surface area contributed by atoms with E-state index in [1.807, 2.05) is 0 Å². The highest BCUT2D eigenvalue weighted by Crippen LogP contribution is 2.06. The first-order chi connectivity index (χ1) is 8.50. The van der Waals surface area contributed by atoms with E-state index in [9.17, 15) is 0 Å². The topological polar surface area (TPSA) is 24.1 Å². The molecule has 0 atom stereocenters. The van der Waals surface area contributed by atoms with Crippen molar-refractivity contribution in [3.63, 3.8) is 0 Å². The average Bonchev–Trinajstić information content (AvgIpc) is 2.43. The lowest BCUT2D eigenvalue weighted by molar-refractivity contribution is 0.516. The third-order valence-corrected chi connectivity index (χ3v) is 3.66. The van der Waals surface area contributed by atoms with Crippen LogP contribution in [0.25, 0.3) is 0 Å². The Balaban J connectivity index is 0.000000171. The summed E-state index contributed by atoms with van der Waals surface area (Å²) in [5, 5.41) is 6.81. The second-order valence-corrected chi connectivity index (χ2v) is 5.39. The smallest absolute Gasteiger partial charge is 0.00489 e. The van der Waals surface area contributed by atoms with Crippen molar-refractivity contribution in [2.45, 2.75) is 70.6 Å². The van der Waals surface area contributed by atoms with Crippen LogP contribution >= 0.6 is 0 Å². The molecule has 0 aromatic heterocycles. The molecule has 0 radical (unpaired) electrons. The Bertz CT molecular complexity index is 95.3. The highest BCUT2D eigenvalue weighted by molar-refractivity contribution is 4.55. The van der Waals surface area contributed by atoms with Crippen LogP contribution < -0.4 is 10.6 Å². The second-order valence-electron chi connectivity index (χ2n) is 5.39. The van der Waals surface area contributed by atoms with Crippen LogP contribution in [0.3, 0.4) is 0 Å². The molecule has 2 rings (SSSR count). The summed E-state index contributed by atoms with van der Waals surface area (Å²) in [6.07, 6.45) is 15.7. The Hall–Kier alpha value is -0.0800. The van der Waals surface area contributed by atoms with Gasteiger partial charge in [-0.1, -0.05) is 44.9 Å². The van der Waals surface area contributed by atoms with E-state index in [0.29, 0.717) is 0 Å². The van der Waals surface area contributed by atoms with Crippen molar-refractivity contribution < 1.29 is 0 Å². The first-order valence-corrected chi connectivity index (χ1v) is 7.91. The Morgan fingerprint density at radius 3 is 0.824 bits per heavy atom. The third kappa shape index (κ3) is 10.8. The van der Waals surface area contributed by atoms with Crippen LogP contribution in [0.15, 0.2) is 0 Å². The molecule has 0 saturated carbocycles. The zero-order chi connectivity index (χ0) is 12.0. The molecule has 17 heavy (non-hydrogen) atoms. The van der Waals surface area contributed by atoms with E-state index in [1.54, 1.807) is 0 Å². The Kier molecular flexibility index (Phi) is 10.9. The van der Waals surface area contributed by atoms with Gasteiger partial charge in [-0.2, -0.15) is 0 Å². The predicted molar refractivity (Wildman–Crippen MR) is 76.5 cm³/mol. The average molecular weight is 240 g/mol. The van der Waals surface area contributed by atoms with Gasteiger partial charge in [-0.05, 0) is 51.9 Å². The molecule has 2 heteroatoms. The van der Waals surface area contributed by atoms with Crippen LogP contribution in [-0.4, -0.2) is 26.2 Å². The molecule has 102 valence electrons.